The Morgan fingerprint density at radius 2 is 1.77 bits per heavy atom. The van der Waals surface area contributed by atoms with Crippen LogP contribution in [0.4, 0.5) is 5.69 Å². The molecule has 1 aromatic heterocycles. The van der Waals surface area contributed by atoms with Gasteiger partial charge in [0.25, 0.3) is 0 Å². The molecule has 4 aromatic rings. The van der Waals surface area contributed by atoms with Crippen LogP contribution in [0.15, 0.2) is 63.9 Å². The highest BCUT2D eigenvalue weighted by molar-refractivity contribution is 7.89. The molecule has 1 aliphatic heterocycles. The summed E-state index contributed by atoms with van der Waals surface area (Å²) in [6.45, 7) is 3.21. The number of aromatic nitrogens is 1. The van der Waals surface area contributed by atoms with Crippen LogP contribution >= 0.6 is 23.2 Å². The fourth-order valence-corrected chi connectivity index (χ4v) is 7.65. The molecule has 0 saturated carbocycles. The summed E-state index contributed by atoms with van der Waals surface area (Å²) in [6, 6.07) is 12.0. The SMILES string of the molecule is CC(=O)Nc1cc(-c2ccc(C[C@H](NC(=O)[C@@H]3CCCN3S(=O)(=O)c3cc(Cl)cc(Cl)c3)C(=O)O)cc2)c2nc(C)oc2c1. The summed E-state index contributed by atoms with van der Waals surface area (Å²) in [7, 11) is -4.13. The summed E-state index contributed by atoms with van der Waals surface area (Å²) in [6.07, 6.45) is 0.606. The molecule has 2 atom stereocenters. The molecule has 1 aliphatic rings. The van der Waals surface area contributed by atoms with Crippen LogP contribution < -0.4 is 10.6 Å². The third-order valence-electron chi connectivity index (χ3n) is 7.19. The van der Waals surface area contributed by atoms with E-state index >= 15 is 0 Å². The number of benzene rings is 3. The van der Waals surface area contributed by atoms with Gasteiger partial charge in [0.15, 0.2) is 11.5 Å². The smallest absolute Gasteiger partial charge is 0.326 e. The van der Waals surface area contributed by atoms with Crippen LogP contribution in [-0.2, 0) is 30.8 Å². The second-order valence-corrected chi connectivity index (χ2v) is 13.2. The Balaban J connectivity index is 1.34. The number of carbonyl (C=O) groups is 3. The molecule has 0 spiro atoms. The van der Waals surface area contributed by atoms with Crippen molar-refractivity contribution in [3.05, 3.63) is 76.1 Å². The summed E-state index contributed by atoms with van der Waals surface area (Å²) >= 11 is 12.0. The molecule has 44 heavy (non-hydrogen) atoms. The lowest BCUT2D eigenvalue weighted by Crippen LogP contribution is -2.51. The predicted octanol–water partition coefficient (Wildman–Crippen LogP) is 5.03. The number of halogens is 2. The fraction of sp³-hybridized carbons (Fsp3) is 0.267. The topological polar surface area (TPSA) is 159 Å². The zero-order valence-corrected chi connectivity index (χ0v) is 26.0. The molecule has 1 fully saturated rings. The minimum Gasteiger partial charge on any atom is -0.480 e. The van der Waals surface area contributed by atoms with Gasteiger partial charge in [-0.2, -0.15) is 4.31 Å². The van der Waals surface area contributed by atoms with Gasteiger partial charge in [-0.25, -0.2) is 18.2 Å². The number of hydrogen-bond acceptors (Lipinski definition) is 7. The van der Waals surface area contributed by atoms with E-state index in [-0.39, 0.29) is 40.2 Å². The molecule has 0 radical (unpaired) electrons. The number of nitrogens with one attached hydrogen (secondary N) is 2. The van der Waals surface area contributed by atoms with E-state index in [9.17, 15) is 27.9 Å². The lowest BCUT2D eigenvalue weighted by Gasteiger charge is -2.25. The van der Waals surface area contributed by atoms with E-state index in [1.54, 1.807) is 43.3 Å². The van der Waals surface area contributed by atoms with Crippen molar-refractivity contribution in [1.82, 2.24) is 14.6 Å². The first kappa shape index (κ1) is 31.5. The largest absolute Gasteiger partial charge is 0.480 e. The first-order chi connectivity index (χ1) is 20.8. The number of fused-ring (bicyclic) bond motifs is 1. The van der Waals surface area contributed by atoms with Gasteiger partial charge >= 0.3 is 5.97 Å². The van der Waals surface area contributed by atoms with E-state index in [1.165, 1.54) is 25.1 Å². The van der Waals surface area contributed by atoms with Crippen molar-refractivity contribution in [3.8, 4) is 11.1 Å². The Kier molecular flexibility index (Phi) is 8.98. The number of oxazole rings is 1. The molecular weight excluding hydrogens is 631 g/mol. The zero-order chi connectivity index (χ0) is 31.8. The number of hydrogen-bond donors (Lipinski definition) is 3. The van der Waals surface area contributed by atoms with Crippen molar-refractivity contribution < 1.29 is 32.3 Å². The molecule has 3 N–H and O–H groups in total. The number of carboxylic acid groups (broad SMARTS) is 1. The monoisotopic (exact) mass is 658 g/mol. The summed E-state index contributed by atoms with van der Waals surface area (Å²) in [5, 5.41) is 15.5. The Morgan fingerprint density at radius 3 is 2.41 bits per heavy atom. The molecule has 2 amide bonds. The lowest BCUT2D eigenvalue weighted by atomic mass is 9.99. The van der Waals surface area contributed by atoms with Crippen molar-refractivity contribution in [2.75, 3.05) is 11.9 Å². The molecular formula is C30H28Cl2N4O7S. The highest BCUT2D eigenvalue weighted by Crippen LogP contribution is 2.33. The van der Waals surface area contributed by atoms with E-state index in [0.717, 1.165) is 9.87 Å². The van der Waals surface area contributed by atoms with E-state index in [2.05, 4.69) is 15.6 Å². The quantitative estimate of drug-likeness (QED) is 0.226. The lowest BCUT2D eigenvalue weighted by molar-refractivity contribution is -0.142. The molecule has 1 saturated heterocycles. The molecule has 0 unspecified atom stereocenters. The predicted molar refractivity (Wildman–Crippen MR) is 165 cm³/mol. The standard InChI is InChI=1S/C30H28Cl2N4O7S/c1-16(37)33-22-14-24(28-27(15-22)43-17(2)34-28)19-7-5-18(6-8-19)10-25(30(39)40)35-29(38)26-4-3-9-36(26)44(41,42)23-12-20(31)11-21(32)13-23/h5-8,11-15,25-26H,3-4,9-10H2,1-2H3,(H,33,37)(H,35,38)(H,39,40)/t25-,26-/m0/s1. The number of amides is 2. The van der Waals surface area contributed by atoms with Gasteiger partial charge in [-0.05, 0) is 48.2 Å². The molecule has 230 valence electrons. The maximum Gasteiger partial charge on any atom is 0.326 e. The fourth-order valence-electron chi connectivity index (χ4n) is 5.26. The van der Waals surface area contributed by atoms with Crippen LogP contribution in [0, 0.1) is 6.92 Å². The van der Waals surface area contributed by atoms with E-state index < -0.39 is 34.0 Å². The first-order valence-corrected chi connectivity index (χ1v) is 15.8. The molecule has 0 bridgehead atoms. The van der Waals surface area contributed by atoms with Gasteiger partial charge in [-0.15, -0.1) is 0 Å². The number of carboxylic acids is 1. The van der Waals surface area contributed by atoms with E-state index in [1.807, 2.05) is 0 Å². The average Bonchev–Trinajstić information content (AvgIpc) is 3.59. The van der Waals surface area contributed by atoms with Crippen LogP contribution in [0.1, 0.15) is 31.2 Å². The number of rotatable bonds is 9. The second kappa shape index (κ2) is 12.6. The number of nitrogens with zero attached hydrogens (tertiary/aromatic N) is 2. The summed E-state index contributed by atoms with van der Waals surface area (Å²) in [5.41, 5.74) is 3.73. The number of aliphatic carboxylic acids is 1. The van der Waals surface area contributed by atoms with Crippen LogP contribution in [0.25, 0.3) is 22.2 Å². The number of carbonyl (C=O) groups excluding carboxylic acids is 2. The van der Waals surface area contributed by atoms with Gasteiger partial charge in [0, 0.05) is 54.2 Å². The van der Waals surface area contributed by atoms with Crippen LogP contribution in [0.5, 0.6) is 0 Å². The first-order valence-electron chi connectivity index (χ1n) is 13.6. The van der Waals surface area contributed by atoms with Gasteiger partial charge in [-0.3, -0.25) is 9.59 Å². The average molecular weight is 660 g/mol. The second-order valence-electron chi connectivity index (χ2n) is 10.5. The molecule has 11 nitrogen and oxygen atoms in total. The minimum absolute atomic E-state index is 0.0465. The zero-order valence-electron chi connectivity index (χ0n) is 23.6. The van der Waals surface area contributed by atoms with Crippen LogP contribution in [0.2, 0.25) is 10.0 Å². The maximum atomic E-state index is 13.4. The van der Waals surface area contributed by atoms with Crippen molar-refractivity contribution in [2.24, 2.45) is 0 Å². The summed E-state index contributed by atoms with van der Waals surface area (Å²) < 4.78 is 33.4. The Hall–Kier alpha value is -3.97. The number of anilines is 1. The van der Waals surface area contributed by atoms with E-state index in [0.29, 0.717) is 40.2 Å². The molecule has 3 aromatic carbocycles. The van der Waals surface area contributed by atoms with Crippen molar-refractivity contribution in [2.45, 2.75) is 50.1 Å². The Morgan fingerprint density at radius 1 is 1.09 bits per heavy atom. The van der Waals surface area contributed by atoms with Crippen molar-refractivity contribution in [1.29, 1.82) is 0 Å². The highest BCUT2D eigenvalue weighted by Gasteiger charge is 2.40. The molecule has 0 aliphatic carbocycles. The van der Waals surface area contributed by atoms with Gasteiger partial charge in [0.05, 0.1) is 4.90 Å². The Labute approximate surface area is 263 Å². The van der Waals surface area contributed by atoms with Gasteiger partial charge in [-0.1, -0.05) is 47.5 Å². The molecule has 5 rings (SSSR count). The molecule has 2 heterocycles. The van der Waals surface area contributed by atoms with E-state index in [4.69, 9.17) is 27.6 Å². The third kappa shape index (κ3) is 6.73. The highest BCUT2D eigenvalue weighted by atomic mass is 35.5. The number of aryl methyl sites for hydroxylation is 1. The molecule has 14 heteroatoms. The van der Waals surface area contributed by atoms with Gasteiger partial charge in [0.2, 0.25) is 21.8 Å². The van der Waals surface area contributed by atoms with Crippen LogP contribution in [0.3, 0.4) is 0 Å². The van der Waals surface area contributed by atoms with Crippen molar-refractivity contribution in [3.63, 3.8) is 0 Å². The van der Waals surface area contributed by atoms with Crippen LogP contribution in [-0.4, -0.2) is 59.2 Å². The summed E-state index contributed by atoms with van der Waals surface area (Å²) in [4.78, 5) is 41.4. The third-order valence-corrected chi connectivity index (χ3v) is 9.51. The Bertz CT molecular complexity index is 1860. The van der Waals surface area contributed by atoms with Gasteiger partial charge < -0.3 is 20.2 Å². The van der Waals surface area contributed by atoms with Gasteiger partial charge in [0.1, 0.15) is 17.6 Å². The minimum atomic E-state index is -4.13. The summed E-state index contributed by atoms with van der Waals surface area (Å²) in [5.74, 6) is -1.75. The normalized spacial score (nSPS) is 16.1. The maximum absolute atomic E-state index is 13.4. The number of sulfonamides is 1. The van der Waals surface area contributed by atoms with Crippen molar-refractivity contribution >= 4 is 67.8 Å².